The van der Waals surface area contributed by atoms with Crippen molar-refractivity contribution in [3.63, 3.8) is 0 Å². The van der Waals surface area contributed by atoms with E-state index in [4.69, 9.17) is 14.2 Å². The summed E-state index contributed by atoms with van der Waals surface area (Å²) in [4.78, 5) is 2.57. The minimum Gasteiger partial charge on any atom is -0.374 e. The Kier molecular flexibility index (Phi) is 21.9. The molecule has 3 aliphatic rings. The lowest BCUT2D eigenvalue weighted by molar-refractivity contribution is -0.143. The van der Waals surface area contributed by atoms with Crippen molar-refractivity contribution in [1.29, 1.82) is 0 Å². The number of hydrogen-bond donors (Lipinski definition) is 0. The largest absolute Gasteiger partial charge is 0.374 e. The van der Waals surface area contributed by atoms with Crippen molar-refractivity contribution >= 4 is 0 Å². The van der Waals surface area contributed by atoms with E-state index in [1.165, 1.54) is 79.3 Å². The molecule has 5 aromatic rings. The van der Waals surface area contributed by atoms with Crippen LogP contribution in [0.2, 0.25) is 0 Å². The van der Waals surface area contributed by atoms with Crippen molar-refractivity contribution in [3.05, 3.63) is 179 Å². The highest BCUT2D eigenvalue weighted by atomic mass is 16.5. The Bertz CT molecular complexity index is 1990. The topological polar surface area (TPSA) is 30.9 Å². The summed E-state index contributed by atoms with van der Waals surface area (Å²) in [5, 5.41) is 0. The van der Waals surface area contributed by atoms with E-state index < -0.39 is 0 Å². The third kappa shape index (κ3) is 17.7. The first-order valence-corrected chi connectivity index (χ1v) is 25.2. The summed E-state index contributed by atoms with van der Waals surface area (Å²) in [7, 11) is 0. The van der Waals surface area contributed by atoms with Crippen LogP contribution in [0.5, 0.6) is 0 Å². The third-order valence-electron chi connectivity index (χ3n) is 13.9. The Hall–Kier alpha value is -4.50. The average molecular weight is 874 g/mol. The predicted molar refractivity (Wildman–Crippen MR) is 271 cm³/mol. The lowest BCUT2D eigenvalue weighted by Crippen LogP contribution is -2.48. The standard InChI is InChI=1S/C33H42O3.C20H27N.C8H10/c1-2-18-34-19-10-17-29-22-31(27-15-9-16-27)33(30-21-28(30)20-25-11-5-3-6-12-25)32(36-29)24-35-23-26-13-7-4-8-14-26;1-3-18(2)14-15-21(16-19-10-6-4-7-11-19)17-20-12-8-5-9-13-20;1-2-8-6-4-3-5-7-8/h3-8,11-14,27-33H,2,9,15-16,18-24H2,1H3;4-13,18H,3,14-17H2,1-2H3;3-7H,2H2,1H3. The first kappa shape index (κ1) is 49.9. The quantitative estimate of drug-likeness (QED) is 0.0576. The monoisotopic (exact) mass is 874 g/mol. The second-order valence-corrected chi connectivity index (χ2v) is 18.9. The maximum Gasteiger partial charge on any atom is 0.119 e. The van der Waals surface area contributed by atoms with Gasteiger partial charge in [0, 0.05) is 19.7 Å². The summed E-state index contributed by atoms with van der Waals surface area (Å²) in [5.74, 6) is 11.1. The van der Waals surface area contributed by atoms with Gasteiger partial charge in [-0.2, -0.15) is 0 Å². The van der Waals surface area contributed by atoms with Crippen molar-refractivity contribution < 1.29 is 14.2 Å². The van der Waals surface area contributed by atoms with Crippen molar-refractivity contribution in [2.45, 2.75) is 124 Å². The Morgan fingerprint density at radius 3 is 1.71 bits per heavy atom. The third-order valence-corrected chi connectivity index (χ3v) is 13.9. The number of benzene rings is 5. The molecule has 8 rings (SSSR count). The molecule has 7 unspecified atom stereocenters. The van der Waals surface area contributed by atoms with E-state index in [9.17, 15) is 0 Å². The van der Waals surface area contributed by atoms with Gasteiger partial charge in [0.05, 0.1) is 19.3 Å². The van der Waals surface area contributed by atoms with Crippen LogP contribution in [0.3, 0.4) is 0 Å². The van der Waals surface area contributed by atoms with Crippen LogP contribution in [0.1, 0.15) is 107 Å². The van der Waals surface area contributed by atoms with E-state index in [0.29, 0.717) is 31.7 Å². The normalized spacial score (nSPS) is 21.6. The van der Waals surface area contributed by atoms with Crippen LogP contribution >= 0.6 is 0 Å². The Morgan fingerprint density at radius 1 is 0.646 bits per heavy atom. The van der Waals surface area contributed by atoms with Crippen molar-refractivity contribution in [2.24, 2.45) is 35.5 Å². The van der Waals surface area contributed by atoms with Gasteiger partial charge in [0.15, 0.2) is 0 Å². The highest BCUT2D eigenvalue weighted by molar-refractivity contribution is 5.20. The molecule has 2 aliphatic carbocycles. The van der Waals surface area contributed by atoms with Gasteiger partial charge < -0.3 is 14.2 Å². The number of rotatable bonds is 20. The first-order chi connectivity index (χ1) is 32.0. The molecule has 0 amide bonds. The molecule has 1 saturated heterocycles. The molecule has 0 N–H and O–H groups in total. The molecule has 65 heavy (non-hydrogen) atoms. The summed E-state index contributed by atoms with van der Waals surface area (Å²) in [6, 6.07) is 53.5. The molecule has 1 heterocycles. The fraction of sp³-hybridized carbons (Fsp3) is 0.475. The van der Waals surface area contributed by atoms with Gasteiger partial charge in [-0.3, -0.25) is 4.90 Å². The van der Waals surface area contributed by atoms with Gasteiger partial charge in [-0.05, 0) is 108 Å². The molecule has 1 aliphatic heterocycles. The van der Waals surface area contributed by atoms with Gasteiger partial charge in [-0.15, -0.1) is 0 Å². The molecule has 4 nitrogen and oxygen atoms in total. The van der Waals surface area contributed by atoms with Crippen LogP contribution in [0.4, 0.5) is 0 Å². The van der Waals surface area contributed by atoms with Gasteiger partial charge in [-0.1, -0.05) is 217 Å². The van der Waals surface area contributed by atoms with Crippen molar-refractivity contribution in [3.8, 4) is 11.8 Å². The molecular weight excluding hydrogens is 795 g/mol. The van der Waals surface area contributed by atoms with E-state index in [1.807, 2.05) is 6.07 Å². The summed E-state index contributed by atoms with van der Waals surface area (Å²) in [5.41, 5.74) is 6.90. The molecule has 0 radical (unpaired) electrons. The van der Waals surface area contributed by atoms with Crippen LogP contribution in [0.25, 0.3) is 0 Å². The second kappa shape index (κ2) is 28.5. The minimum absolute atomic E-state index is 0.00581. The minimum atomic E-state index is -0.00581. The Labute approximate surface area is 394 Å². The van der Waals surface area contributed by atoms with Crippen LogP contribution in [0.15, 0.2) is 152 Å². The zero-order valence-corrected chi connectivity index (χ0v) is 40.2. The van der Waals surface area contributed by atoms with Crippen LogP contribution < -0.4 is 0 Å². The molecule has 0 aromatic heterocycles. The second-order valence-electron chi connectivity index (χ2n) is 18.9. The van der Waals surface area contributed by atoms with E-state index in [-0.39, 0.29) is 12.2 Å². The highest BCUT2D eigenvalue weighted by Crippen LogP contribution is 2.56. The molecule has 2 saturated carbocycles. The molecular formula is C61H79NO3. The zero-order valence-electron chi connectivity index (χ0n) is 40.2. The highest BCUT2D eigenvalue weighted by Gasteiger charge is 2.53. The predicted octanol–water partition coefficient (Wildman–Crippen LogP) is 14.1. The number of hydrogen-bond acceptors (Lipinski definition) is 4. The van der Waals surface area contributed by atoms with E-state index in [0.717, 1.165) is 62.6 Å². The van der Waals surface area contributed by atoms with Crippen molar-refractivity contribution in [2.75, 3.05) is 26.4 Å². The SMILES string of the molecule is CCC(C)CCN(Cc1ccccc1)Cc1ccccc1.CCCOCC#CC1CC(C2CCC2)C(C2CC2Cc2ccccc2)C(COCc2ccccc2)O1.CCc1ccccc1. The van der Waals surface area contributed by atoms with Gasteiger partial charge in [0.25, 0.3) is 0 Å². The summed E-state index contributed by atoms with van der Waals surface area (Å²) < 4.78 is 18.7. The maximum absolute atomic E-state index is 6.74. The first-order valence-electron chi connectivity index (χ1n) is 25.2. The average Bonchev–Trinajstić information content (AvgIpc) is 4.10. The summed E-state index contributed by atoms with van der Waals surface area (Å²) in [6.45, 7) is 14.7. The number of aryl methyl sites for hydroxylation is 1. The van der Waals surface area contributed by atoms with Gasteiger partial charge >= 0.3 is 0 Å². The molecule has 4 heteroatoms. The van der Waals surface area contributed by atoms with E-state index in [1.54, 1.807) is 0 Å². The smallest absolute Gasteiger partial charge is 0.119 e. The van der Waals surface area contributed by atoms with Crippen LogP contribution in [0, 0.1) is 47.3 Å². The zero-order chi connectivity index (χ0) is 45.3. The fourth-order valence-corrected chi connectivity index (χ4v) is 9.65. The lowest BCUT2D eigenvalue weighted by Gasteiger charge is -2.47. The fourth-order valence-electron chi connectivity index (χ4n) is 9.65. The molecule has 3 fully saturated rings. The molecule has 346 valence electrons. The van der Waals surface area contributed by atoms with Crippen LogP contribution in [-0.4, -0.2) is 43.5 Å². The van der Waals surface area contributed by atoms with Crippen molar-refractivity contribution in [1.82, 2.24) is 4.90 Å². The lowest BCUT2D eigenvalue weighted by atomic mass is 9.64. The Balaban J connectivity index is 0.000000202. The number of nitrogens with zero attached hydrogens (tertiary/aromatic N) is 1. The van der Waals surface area contributed by atoms with Gasteiger partial charge in [0.2, 0.25) is 0 Å². The summed E-state index contributed by atoms with van der Waals surface area (Å²) >= 11 is 0. The molecule has 7 atom stereocenters. The van der Waals surface area contributed by atoms with Gasteiger partial charge in [0.1, 0.15) is 12.7 Å². The van der Waals surface area contributed by atoms with Crippen LogP contribution in [-0.2, 0) is 46.7 Å². The molecule has 5 aromatic carbocycles. The molecule has 0 spiro atoms. The number of ether oxygens (including phenoxy) is 3. The maximum atomic E-state index is 6.74. The summed E-state index contributed by atoms with van der Waals surface area (Å²) in [6.07, 6.45) is 12.5. The van der Waals surface area contributed by atoms with E-state index >= 15 is 0 Å². The Morgan fingerprint density at radius 2 is 1.20 bits per heavy atom. The van der Waals surface area contributed by atoms with E-state index in [2.05, 4.69) is 190 Å². The molecule has 0 bridgehead atoms. The van der Waals surface area contributed by atoms with Gasteiger partial charge in [-0.25, -0.2) is 0 Å².